The Hall–Kier alpha value is -1.43. The minimum Gasteiger partial charge on any atom is -0.379 e. The van der Waals surface area contributed by atoms with Crippen molar-refractivity contribution in [2.24, 2.45) is 0 Å². The second kappa shape index (κ2) is 9.47. The third-order valence-corrected chi connectivity index (χ3v) is 2.73. The Bertz CT molecular complexity index is 391. The third-order valence-electron chi connectivity index (χ3n) is 2.73. The molecular formula is C15H25N3O2. The Morgan fingerprint density at radius 2 is 1.90 bits per heavy atom. The molecule has 1 amide bonds. The van der Waals surface area contributed by atoms with E-state index in [-0.39, 0.29) is 5.91 Å². The number of ether oxygens (including phenoxy) is 1. The maximum Gasteiger partial charge on any atom is 0.238 e. The molecule has 0 aliphatic rings. The van der Waals surface area contributed by atoms with E-state index in [2.05, 4.69) is 15.5 Å². The molecule has 20 heavy (non-hydrogen) atoms. The van der Waals surface area contributed by atoms with E-state index in [0.717, 1.165) is 12.2 Å². The van der Waals surface area contributed by atoms with Crippen LogP contribution in [0.25, 0.3) is 0 Å². The molecule has 0 fully saturated rings. The molecule has 5 heteroatoms. The largest absolute Gasteiger partial charge is 0.379 e. The van der Waals surface area contributed by atoms with E-state index in [1.165, 1.54) is 5.56 Å². The van der Waals surface area contributed by atoms with E-state index >= 15 is 0 Å². The van der Waals surface area contributed by atoms with Crippen molar-refractivity contribution in [2.75, 3.05) is 52.3 Å². The van der Waals surface area contributed by atoms with E-state index < -0.39 is 0 Å². The van der Waals surface area contributed by atoms with Crippen LogP contribution in [0, 0.1) is 6.92 Å². The quantitative estimate of drug-likeness (QED) is 0.665. The fraction of sp³-hybridized carbons (Fsp3) is 0.533. The Morgan fingerprint density at radius 3 is 2.55 bits per heavy atom. The number of carbonyl (C=O) groups excluding carboxylic acids is 1. The smallest absolute Gasteiger partial charge is 0.238 e. The lowest BCUT2D eigenvalue weighted by Crippen LogP contribution is -2.31. The van der Waals surface area contributed by atoms with Crippen molar-refractivity contribution in [2.45, 2.75) is 6.92 Å². The minimum absolute atomic E-state index is 0.0397. The second-order valence-electron chi connectivity index (χ2n) is 5.01. The van der Waals surface area contributed by atoms with Crippen molar-refractivity contribution in [1.82, 2.24) is 10.2 Å². The molecule has 5 nitrogen and oxygen atoms in total. The van der Waals surface area contributed by atoms with E-state index in [9.17, 15) is 4.79 Å². The summed E-state index contributed by atoms with van der Waals surface area (Å²) in [6, 6.07) is 7.75. The summed E-state index contributed by atoms with van der Waals surface area (Å²) in [4.78, 5) is 13.7. The van der Waals surface area contributed by atoms with Gasteiger partial charge < -0.3 is 20.3 Å². The van der Waals surface area contributed by atoms with Crippen molar-refractivity contribution >= 4 is 11.6 Å². The van der Waals surface area contributed by atoms with Crippen LogP contribution in [-0.2, 0) is 9.53 Å². The summed E-state index contributed by atoms with van der Waals surface area (Å²) in [6.07, 6.45) is 0. The van der Waals surface area contributed by atoms with Gasteiger partial charge in [0.25, 0.3) is 0 Å². The van der Waals surface area contributed by atoms with Crippen LogP contribution in [0.5, 0.6) is 0 Å². The molecule has 0 spiro atoms. The van der Waals surface area contributed by atoms with Gasteiger partial charge in [-0.25, -0.2) is 0 Å². The summed E-state index contributed by atoms with van der Waals surface area (Å²) in [6.45, 7) is 5.23. The number of carbonyl (C=O) groups is 1. The SMILES string of the molecule is Cc1ccc(NC(=O)CNCCOCCN(C)C)cc1. The molecule has 0 bridgehead atoms. The molecule has 0 radical (unpaired) electrons. The van der Waals surface area contributed by atoms with Crippen molar-refractivity contribution in [3.8, 4) is 0 Å². The van der Waals surface area contributed by atoms with Crippen molar-refractivity contribution in [3.63, 3.8) is 0 Å². The first-order valence-corrected chi connectivity index (χ1v) is 6.87. The van der Waals surface area contributed by atoms with Gasteiger partial charge in [0.15, 0.2) is 0 Å². The molecule has 0 aliphatic carbocycles. The van der Waals surface area contributed by atoms with Crippen molar-refractivity contribution in [1.29, 1.82) is 0 Å². The third kappa shape index (κ3) is 7.89. The lowest BCUT2D eigenvalue weighted by molar-refractivity contribution is -0.115. The first-order valence-electron chi connectivity index (χ1n) is 6.87. The van der Waals surface area contributed by atoms with Crippen LogP contribution in [0.4, 0.5) is 5.69 Å². The fourth-order valence-electron chi connectivity index (χ4n) is 1.54. The highest BCUT2D eigenvalue weighted by Crippen LogP contribution is 2.07. The van der Waals surface area contributed by atoms with E-state index in [1.54, 1.807) is 0 Å². The van der Waals surface area contributed by atoms with Gasteiger partial charge in [-0.1, -0.05) is 17.7 Å². The van der Waals surface area contributed by atoms with Crippen LogP contribution in [0.3, 0.4) is 0 Å². The van der Waals surface area contributed by atoms with Gasteiger partial charge in [0, 0.05) is 18.8 Å². The lowest BCUT2D eigenvalue weighted by atomic mass is 10.2. The molecular weight excluding hydrogens is 254 g/mol. The van der Waals surface area contributed by atoms with E-state index in [1.807, 2.05) is 45.3 Å². The number of aryl methyl sites for hydroxylation is 1. The predicted molar refractivity (Wildman–Crippen MR) is 82.1 cm³/mol. The monoisotopic (exact) mass is 279 g/mol. The fourth-order valence-corrected chi connectivity index (χ4v) is 1.54. The maximum atomic E-state index is 11.7. The van der Waals surface area contributed by atoms with Gasteiger partial charge in [-0.05, 0) is 33.2 Å². The predicted octanol–water partition coefficient (Wildman–Crippen LogP) is 1.10. The molecule has 0 saturated carbocycles. The average Bonchev–Trinajstić information content (AvgIpc) is 2.40. The van der Waals surface area contributed by atoms with Crippen LogP contribution in [0.2, 0.25) is 0 Å². The van der Waals surface area contributed by atoms with Gasteiger partial charge >= 0.3 is 0 Å². The highest BCUT2D eigenvalue weighted by atomic mass is 16.5. The zero-order valence-electron chi connectivity index (χ0n) is 12.6. The molecule has 112 valence electrons. The van der Waals surface area contributed by atoms with Crippen LogP contribution in [0.1, 0.15) is 5.56 Å². The number of hydrogen-bond donors (Lipinski definition) is 2. The summed E-state index contributed by atoms with van der Waals surface area (Å²) in [5, 5.41) is 5.89. The molecule has 0 unspecified atom stereocenters. The number of likely N-dealkylation sites (N-methyl/N-ethyl adjacent to an activating group) is 1. The van der Waals surface area contributed by atoms with Crippen LogP contribution < -0.4 is 10.6 Å². The standard InChI is InChI=1S/C15H25N3O2/c1-13-4-6-14(7-5-13)17-15(19)12-16-8-10-20-11-9-18(2)3/h4-7,16H,8-12H2,1-3H3,(H,17,19). The molecule has 1 rings (SSSR count). The number of anilines is 1. The van der Waals surface area contributed by atoms with Crippen LogP contribution in [0.15, 0.2) is 24.3 Å². The minimum atomic E-state index is -0.0397. The van der Waals surface area contributed by atoms with Crippen molar-refractivity contribution < 1.29 is 9.53 Å². The summed E-state index contributed by atoms with van der Waals surface area (Å²) >= 11 is 0. The second-order valence-corrected chi connectivity index (χ2v) is 5.01. The van der Waals surface area contributed by atoms with Gasteiger partial charge in [-0.2, -0.15) is 0 Å². The summed E-state index contributed by atoms with van der Waals surface area (Å²) in [5.74, 6) is -0.0397. The van der Waals surface area contributed by atoms with Gasteiger partial charge in [-0.15, -0.1) is 0 Å². The first-order chi connectivity index (χ1) is 9.58. The number of benzene rings is 1. The van der Waals surface area contributed by atoms with E-state index in [0.29, 0.717) is 26.3 Å². The highest BCUT2D eigenvalue weighted by molar-refractivity contribution is 5.92. The summed E-state index contributed by atoms with van der Waals surface area (Å²) in [7, 11) is 4.02. The topological polar surface area (TPSA) is 53.6 Å². The molecule has 0 aliphatic heterocycles. The molecule has 1 aromatic rings. The average molecular weight is 279 g/mol. The Kier molecular flexibility index (Phi) is 7.87. The lowest BCUT2D eigenvalue weighted by Gasteiger charge is -2.10. The maximum absolute atomic E-state index is 11.7. The molecule has 0 heterocycles. The van der Waals surface area contributed by atoms with Crippen molar-refractivity contribution in [3.05, 3.63) is 29.8 Å². The zero-order valence-corrected chi connectivity index (χ0v) is 12.6. The Morgan fingerprint density at radius 1 is 1.20 bits per heavy atom. The van der Waals surface area contributed by atoms with Gasteiger partial charge in [0.05, 0.1) is 19.8 Å². The number of hydrogen-bond acceptors (Lipinski definition) is 4. The molecule has 0 aromatic heterocycles. The number of amides is 1. The molecule has 1 aromatic carbocycles. The molecule has 2 N–H and O–H groups in total. The normalized spacial score (nSPS) is 10.8. The zero-order chi connectivity index (χ0) is 14.8. The van der Waals surface area contributed by atoms with E-state index in [4.69, 9.17) is 4.74 Å². The van der Waals surface area contributed by atoms with Gasteiger partial charge in [-0.3, -0.25) is 4.79 Å². The summed E-state index contributed by atoms with van der Waals surface area (Å²) < 4.78 is 5.42. The number of rotatable bonds is 9. The number of nitrogens with one attached hydrogen (secondary N) is 2. The first kappa shape index (κ1) is 16.6. The van der Waals surface area contributed by atoms with Crippen LogP contribution >= 0.6 is 0 Å². The van der Waals surface area contributed by atoms with Crippen LogP contribution in [-0.4, -0.2) is 57.8 Å². The molecule has 0 saturated heterocycles. The Labute approximate surface area is 121 Å². The molecule has 0 atom stereocenters. The summed E-state index contributed by atoms with van der Waals surface area (Å²) in [5.41, 5.74) is 2.00. The Balaban J connectivity index is 2.04. The van der Waals surface area contributed by atoms with Gasteiger partial charge in [0.2, 0.25) is 5.91 Å². The highest BCUT2D eigenvalue weighted by Gasteiger charge is 2.01. The number of nitrogens with zero attached hydrogens (tertiary/aromatic N) is 1. The van der Waals surface area contributed by atoms with Gasteiger partial charge in [0.1, 0.15) is 0 Å².